The first-order valence-electron chi connectivity index (χ1n) is 4.13. The van der Waals surface area contributed by atoms with E-state index in [-0.39, 0.29) is 0 Å². The van der Waals surface area contributed by atoms with Gasteiger partial charge >= 0.3 is 0 Å². The van der Waals surface area contributed by atoms with E-state index in [1.165, 1.54) is 18.4 Å². The normalized spacial score (nSPS) is 13.9. The van der Waals surface area contributed by atoms with Crippen LogP contribution in [0, 0.1) is 5.41 Å². The van der Waals surface area contributed by atoms with Gasteiger partial charge in [0.2, 0.25) is 0 Å². The van der Waals surface area contributed by atoms with Gasteiger partial charge in [0.1, 0.15) is 0 Å². The monoisotopic (exact) mass is 140 g/mol. The summed E-state index contributed by atoms with van der Waals surface area (Å²) in [6.07, 6.45) is 4.70. The summed E-state index contributed by atoms with van der Waals surface area (Å²) < 4.78 is 0. The summed E-state index contributed by atoms with van der Waals surface area (Å²) in [4.78, 5) is 0. The molecule has 0 aliphatic carbocycles. The van der Waals surface area contributed by atoms with Crippen molar-refractivity contribution in [2.75, 3.05) is 0 Å². The molecule has 0 aromatic rings. The average molecular weight is 140 g/mol. The van der Waals surface area contributed by atoms with Crippen molar-refractivity contribution >= 4 is 0 Å². The van der Waals surface area contributed by atoms with Crippen LogP contribution >= 0.6 is 0 Å². The molecule has 0 rings (SSSR count). The molecule has 0 atom stereocenters. The molecule has 0 heteroatoms. The van der Waals surface area contributed by atoms with Crippen LogP contribution in [0.4, 0.5) is 0 Å². The molecule has 0 radical (unpaired) electrons. The van der Waals surface area contributed by atoms with Gasteiger partial charge in [-0.15, -0.1) is 0 Å². The van der Waals surface area contributed by atoms with Crippen LogP contribution in [0.3, 0.4) is 0 Å². The molecule has 0 nitrogen and oxygen atoms in total. The predicted molar refractivity (Wildman–Crippen MR) is 48.1 cm³/mol. The quantitative estimate of drug-likeness (QED) is 0.523. The summed E-state index contributed by atoms with van der Waals surface area (Å²) in [6.45, 7) is 11.2. The van der Waals surface area contributed by atoms with Crippen LogP contribution in [0.25, 0.3) is 0 Å². The van der Waals surface area contributed by atoms with Gasteiger partial charge in [-0.1, -0.05) is 38.8 Å². The van der Waals surface area contributed by atoms with Crippen LogP contribution in [-0.2, 0) is 0 Å². The van der Waals surface area contributed by atoms with Gasteiger partial charge < -0.3 is 0 Å². The van der Waals surface area contributed by atoms with E-state index in [9.17, 15) is 0 Å². The molecule has 0 saturated heterocycles. The Labute approximate surface area is 65.3 Å². The van der Waals surface area contributed by atoms with Crippen LogP contribution in [0.5, 0.6) is 0 Å². The van der Waals surface area contributed by atoms with Gasteiger partial charge in [-0.05, 0) is 25.7 Å². The van der Waals surface area contributed by atoms with Crippen LogP contribution in [-0.4, -0.2) is 0 Å². The largest absolute Gasteiger partial charge is 0.0887 e. The second kappa shape index (κ2) is 3.80. The van der Waals surface area contributed by atoms with Crippen molar-refractivity contribution in [2.24, 2.45) is 5.41 Å². The third kappa shape index (κ3) is 3.71. The van der Waals surface area contributed by atoms with Crippen molar-refractivity contribution in [2.45, 2.75) is 47.5 Å². The molecule has 0 aromatic heterocycles. The summed E-state index contributed by atoms with van der Waals surface area (Å²) in [7, 11) is 0. The Bertz CT molecular complexity index is 118. The number of hydrogen-bond donors (Lipinski definition) is 0. The third-order valence-corrected chi connectivity index (χ3v) is 2.21. The van der Waals surface area contributed by atoms with Gasteiger partial charge in [-0.3, -0.25) is 0 Å². The molecule has 0 aliphatic heterocycles. The van der Waals surface area contributed by atoms with Crippen LogP contribution < -0.4 is 0 Å². The van der Waals surface area contributed by atoms with E-state index in [4.69, 9.17) is 0 Å². The lowest BCUT2D eigenvalue weighted by Gasteiger charge is -2.22. The lowest BCUT2D eigenvalue weighted by Crippen LogP contribution is -2.09. The Hall–Kier alpha value is -0.260. The first kappa shape index (κ1) is 9.74. The third-order valence-electron chi connectivity index (χ3n) is 2.21. The number of allylic oxidation sites excluding steroid dienone is 2. The van der Waals surface area contributed by atoms with E-state index in [0.717, 1.165) is 0 Å². The second-order valence-electron chi connectivity index (χ2n) is 3.83. The molecule has 0 aromatic carbocycles. The van der Waals surface area contributed by atoms with Gasteiger partial charge in [0.05, 0.1) is 0 Å². The Balaban J connectivity index is 3.88. The van der Waals surface area contributed by atoms with Crippen molar-refractivity contribution < 1.29 is 0 Å². The van der Waals surface area contributed by atoms with E-state index >= 15 is 0 Å². The molecule has 0 amide bonds. The highest BCUT2D eigenvalue weighted by molar-refractivity contribution is 4.98. The van der Waals surface area contributed by atoms with Crippen molar-refractivity contribution in [3.63, 3.8) is 0 Å². The topological polar surface area (TPSA) is 0 Å². The molecule has 0 bridgehead atoms. The molecule has 0 fully saturated rings. The van der Waals surface area contributed by atoms with E-state index in [1.807, 2.05) is 0 Å². The highest BCUT2D eigenvalue weighted by Gasteiger charge is 2.14. The molecule has 0 saturated carbocycles. The maximum Gasteiger partial charge on any atom is -0.0272 e. The van der Waals surface area contributed by atoms with Gasteiger partial charge in [0, 0.05) is 0 Å². The lowest BCUT2D eigenvalue weighted by molar-refractivity contribution is 0.348. The predicted octanol–water partition coefficient (Wildman–Crippen LogP) is 3.78. The fourth-order valence-corrected chi connectivity index (χ4v) is 0.982. The minimum absolute atomic E-state index is 0.497. The highest BCUT2D eigenvalue weighted by atomic mass is 14.2. The number of rotatable bonds is 3. The Morgan fingerprint density at radius 3 is 2.20 bits per heavy atom. The Kier molecular flexibility index (Phi) is 3.70. The summed E-state index contributed by atoms with van der Waals surface area (Å²) in [5.74, 6) is 0. The zero-order valence-corrected chi connectivity index (χ0v) is 7.99. The minimum Gasteiger partial charge on any atom is -0.0887 e. The van der Waals surface area contributed by atoms with Crippen molar-refractivity contribution in [1.82, 2.24) is 0 Å². The van der Waals surface area contributed by atoms with Gasteiger partial charge in [0.25, 0.3) is 0 Å². The molecular formula is C10H20. The Morgan fingerprint density at radius 2 is 1.90 bits per heavy atom. The SMILES string of the molecule is C/C=C(/C)CC(C)(C)CC. The fourth-order valence-electron chi connectivity index (χ4n) is 0.982. The average Bonchev–Trinajstić information content (AvgIpc) is 1.87. The molecule has 0 N–H and O–H groups in total. The van der Waals surface area contributed by atoms with Crippen molar-refractivity contribution in [3.05, 3.63) is 11.6 Å². The van der Waals surface area contributed by atoms with Crippen LogP contribution in [0.1, 0.15) is 47.5 Å². The van der Waals surface area contributed by atoms with Gasteiger partial charge in [-0.2, -0.15) is 0 Å². The standard InChI is InChI=1S/C10H20/c1-6-9(3)8-10(4,5)7-2/h6H,7-8H2,1-5H3/b9-6-. The number of hydrogen-bond acceptors (Lipinski definition) is 0. The summed E-state index contributed by atoms with van der Waals surface area (Å²) in [6, 6.07) is 0. The maximum absolute atomic E-state index is 2.32. The second-order valence-corrected chi connectivity index (χ2v) is 3.83. The molecule has 0 spiro atoms. The Morgan fingerprint density at radius 1 is 1.40 bits per heavy atom. The van der Waals surface area contributed by atoms with E-state index in [2.05, 4.69) is 40.7 Å². The molecule has 0 heterocycles. The van der Waals surface area contributed by atoms with Crippen LogP contribution in [0.2, 0.25) is 0 Å². The van der Waals surface area contributed by atoms with Crippen LogP contribution in [0.15, 0.2) is 11.6 Å². The van der Waals surface area contributed by atoms with Crippen molar-refractivity contribution in [3.8, 4) is 0 Å². The smallest absolute Gasteiger partial charge is 0.0272 e. The zero-order chi connectivity index (χ0) is 8.20. The summed E-state index contributed by atoms with van der Waals surface area (Å²) in [5, 5.41) is 0. The van der Waals surface area contributed by atoms with E-state index in [0.29, 0.717) is 5.41 Å². The molecule has 0 unspecified atom stereocenters. The molecule has 10 heavy (non-hydrogen) atoms. The molecule has 60 valence electrons. The highest BCUT2D eigenvalue weighted by Crippen LogP contribution is 2.27. The zero-order valence-electron chi connectivity index (χ0n) is 7.99. The summed E-state index contributed by atoms with van der Waals surface area (Å²) >= 11 is 0. The molecular weight excluding hydrogens is 120 g/mol. The van der Waals surface area contributed by atoms with E-state index < -0.39 is 0 Å². The van der Waals surface area contributed by atoms with E-state index in [1.54, 1.807) is 0 Å². The summed E-state index contributed by atoms with van der Waals surface area (Å²) in [5.41, 5.74) is 2.00. The van der Waals surface area contributed by atoms with Gasteiger partial charge in [-0.25, -0.2) is 0 Å². The first-order chi connectivity index (χ1) is 4.52. The molecule has 0 aliphatic rings. The maximum atomic E-state index is 2.32. The van der Waals surface area contributed by atoms with Gasteiger partial charge in [0.15, 0.2) is 0 Å². The fraction of sp³-hybridized carbons (Fsp3) is 0.800. The lowest BCUT2D eigenvalue weighted by atomic mass is 9.83. The minimum atomic E-state index is 0.497. The first-order valence-corrected chi connectivity index (χ1v) is 4.13. The van der Waals surface area contributed by atoms with Crippen molar-refractivity contribution in [1.29, 1.82) is 0 Å².